The van der Waals surface area contributed by atoms with E-state index in [1.165, 1.54) is 18.2 Å². The van der Waals surface area contributed by atoms with E-state index >= 15 is 0 Å². The standard InChI is InChI=1S/C25H19ClFN5O4S/c1-37(34,35)32-21-8-6-17(11-18(21)25(29)30-32)31-13-16(10-23(31)33)14-5-7-19(26)22(9-14)36-24-15(12-28)3-2-4-20(24)27/h2-9,11,16H,10,13H2,1H3,(H2,29,30). The zero-order chi connectivity index (χ0) is 26.5. The van der Waals surface area contributed by atoms with Gasteiger partial charge in [0.05, 0.1) is 22.4 Å². The maximum atomic E-state index is 14.3. The number of amides is 1. The van der Waals surface area contributed by atoms with Crippen molar-refractivity contribution >= 4 is 49.9 Å². The van der Waals surface area contributed by atoms with Crippen molar-refractivity contribution < 1.29 is 22.3 Å². The lowest BCUT2D eigenvalue weighted by atomic mass is 9.98. The van der Waals surface area contributed by atoms with E-state index in [-0.39, 0.29) is 46.1 Å². The van der Waals surface area contributed by atoms with Gasteiger partial charge in [-0.1, -0.05) is 23.7 Å². The third-order valence-electron chi connectivity index (χ3n) is 6.14. The van der Waals surface area contributed by atoms with Gasteiger partial charge in [0, 0.05) is 30.0 Å². The predicted octanol–water partition coefficient (Wildman–Crippen LogP) is 4.40. The molecule has 1 atom stereocenters. The number of fused-ring (bicyclic) bond motifs is 1. The van der Waals surface area contributed by atoms with Crippen LogP contribution >= 0.6 is 11.6 Å². The van der Waals surface area contributed by atoms with Crippen molar-refractivity contribution in [2.24, 2.45) is 0 Å². The van der Waals surface area contributed by atoms with Crippen molar-refractivity contribution in [1.29, 1.82) is 5.26 Å². The summed E-state index contributed by atoms with van der Waals surface area (Å²) in [5.74, 6) is -1.10. The van der Waals surface area contributed by atoms with Gasteiger partial charge < -0.3 is 15.4 Å². The average Bonchev–Trinajstić information content (AvgIpc) is 3.41. The molecular formula is C25H19ClFN5O4S. The average molecular weight is 540 g/mol. The fourth-order valence-electron chi connectivity index (χ4n) is 4.37. The van der Waals surface area contributed by atoms with Gasteiger partial charge in [0.15, 0.2) is 17.4 Å². The van der Waals surface area contributed by atoms with Crippen LogP contribution in [-0.2, 0) is 14.8 Å². The van der Waals surface area contributed by atoms with Gasteiger partial charge in [-0.05, 0) is 48.0 Å². The van der Waals surface area contributed by atoms with Gasteiger partial charge in [0.1, 0.15) is 11.8 Å². The van der Waals surface area contributed by atoms with E-state index in [4.69, 9.17) is 22.1 Å². The fraction of sp³-hybridized carbons (Fsp3) is 0.160. The molecular weight excluding hydrogens is 521 g/mol. The summed E-state index contributed by atoms with van der Waals surface area (Å²) >= 11 is 6.29. The molecule has 9 nitrogen and oxygen atoms in total. The van der Waals surface area contributed by atoms with Crippen LogP contribution in [0.25, 0.3) is 10.9 Å². The van der Waals surface area contributed by atoms with Crippen molar-refractivity contribution in [1.82, 2.24) is 9.19 Å². The Morgan fingerprint density at radius 2 is 2.00 bits per heavy atom. The van der Waals surface area contributed by atoms with Gasteiger partial charge in [0.2, 0.25) is 5.91 Å². The minimum atomic E-state index is -3.65. The van der Waals surface area contributed by atoms with Crippen LogP contribution in [0.15, 0.2) is 54.6 Å². The van der Waals surface area contributed by atoms with Crippen LogP contribution in [0.3, 0.4) is 0 Å². The number of nitrogens with two attached hydrogens (primary N) is 1. The summed E-state index contributed by atoms with van der Waals surface area (Å²) in [5.41, 5.74) is 7.59. The smallest absolute Gasteiger partial charge is 0.251 e. The van der Waals surface area contributed by atoms with E-state index < -0.39 is 15.8 Å². The number of rotatable bonds is 5. The number of carbonyl (C=O) groups is 1. The zero-order valence-electron chi connectivity index (χ0n) is 19.4. The molecule has 1 aliphatic rings. The molecule has 0 radical (unpaired) electrons. The lowest BCUT2D eigenvalue weighted by Crippen LogP contribution is -2.24. The Hall–Kier alpha value is -4.14. The van der Waals surface area contributed by atoms with E-state index in [0.717, 1.165) is 15.9 Å². The van der Waals surface area contributed by atoms with E-state index in [1.54, 1.807) is 41.3 Å². The normalized spacial score (nSPS) is 15.8. The SMILES string of the molecule is CS(=O)(=O)n1nc(N)c2cc(N3CC(c4ccc(Cl)c(Oc5c(F)cccc5C#N)c4)CC3=O)ccc21. The lowest BCUT2D eigenvalue weighted by molar-refractivity contribution is -0.117. The summed E-state index contributed by atoms with van der Waals surface area (Å²) in [4.78, 5) is 14.5. The van der Waals surface area contributed by atoms with Gasteiger partial charge in [-0.3, -0.25) is 4.79 Å². The number of nitrogen functional groups attached to an aromatic ring is 1. The number of benzene rings is 3. The van der Waals surface area contributed by atoms with Crippen molar-refractivity contribution in [2.75, 3.05) is 23.4 Å². The maximum Gasteiger partial charge on any atom is 0.251 e. The Kier molecular flexibility index (Phi) is 6.01. The first-order valence-corrected chi connectivity index (χ1v) is 13.2. The number of aromatic nitrogens is 2. The molecule has 4 aromatic rings. The number of hydrogen-bond donors (Lipinski definition) is 1. The first-order valence-electron chi connectivity index (χ1n) is 11.0. The highest BCUT2D eigenvalue weighted by Crippen LogP contribution is 2.39. The first kappa shape index (κ1) is 24.5. The molecule has 5 rings (SSSR count). The number of nitriles is 1. The monoisotopic (exact) mass is 539 g/mol. The molecule has 37 heavy (non-hydrogen) atoms. The number of para-hydroxylation sites is 1. The first-order chi connectivity index (χ1) is 17.6. The molecule has 1 saturated heterocycles. The third-order valence-corrected chi connectivity index (χ3v) is 7.36. The number of nitrogens with zero attached hydrogens (tertiary/aromatic N) is 4. The molecule has 12 heteroatoms. The van der Waals surface area contributed by atoms with Gasteiger partial charge in [-0.15, -0.1) is 5.10 Å². The van der Waals surface area contributed by atoms with Gasteiger partial charge in [-0.25, -0.2) is 12.8 Å². The number of halogens is 2. The van der Waals surface area contributed by atoms with E-state index in [9.17, 15) is 22.9 Å². The molecule has 1 amide bonds. The van der Waals surface area contributed by atoms with E-state index in [0.29, 0.717) is 23.1 Å². The molecule has 1 fully saturated rings. The van der Waals surface area contributed by atoms with Crippen LogP contribution in [0.5, 0.6) is 11.5 Å². The quantitative estimate of drug-likeness (QED) is 0.397. The zero-order valence-corrected chi connectivity index (χ0v) is 20.9. The molecule has 2 N–H and O–H groups in total. The molecule has 188 valence electrons. The summed E-state index contributed by atoms with van der Waals surface area (Å²) in [7, 11) is -3.65. The Morgan fingerprint density at radius 1 is 1.22 bits per heavy atom. The number of hydrogen-bond acceptors (Lipinski definition) is 7. The summed E-state index contributed by atoms with van der Waals surface area (Å²) < 4.78 is 44.9. The van der Waals surface area contributed by atoms with E-state index in [1.807, 2.05) is 6.07 Å². The molecule has 1 unspecified atom stereocenters. The minimum absolute atomic E-state index is 0.0255. The highest BCUT2D eigenvalue weighted by molar-refractivity contribution is 7.89. The van der Waals surface area contributed by atoms with Gasteiger partial charge in [0.25, 0.3) is 10.0 Å². The summed E-state index contributed by atoms with van der Waals surface area (Å²) in [6.07, 6.45) is 1.22. The molecule has 0 saturated carbocycles. The molecule has 1 aliphatic heterocycles. The van der Waals surface area contributed by atoms with Crippen LogP contribution in [-0.4, -0.2) is 36.3 Å². The van der Waals surface area contributed by atoms with Crippen LogP contribution < -0.4 is 15.4 Å². The lowest BCUT2D eigenvalue weighted by Gasteiger charge is -2.18. The van der Waals surface area contributed by atoms with Crippen LogP contribution in [0.1, 0.15) is 23.5 Å². The van der Waals surface area contributed by atoms with Gasteiger partial charge in [-0.2, -0.15) is 9.35 Å². The molecule has 0 spiro atoms. The van der Waals surface area contributed by atoms with Crippen molar-refractivity contribution in [2.45, 2.75) is 12.3 Å². The van der Waals surface area contributed by atoms with E-state index in [2.05, 4.69) is 5.10 Å². The topological polar surface area (TPSA) is 131 Å². The number of anilines is 2. The summed E-state index contributed by atoms with van der Waals surface area (Å²) in [6, 6.07) is 15.8. The number of carbonyl (C=O) groups excluding carboxylic acids is 1. The second kappa shape index (κ2) is 9.06. The molecule has 3 aromatic carbocycles. The second-order valence-electron chi connectivity index (χ2n) is 8.62. The van der Waals surface area contributed by atoms with Crippen LogP contribution in [0.4, 0.5) is 15.9 Å². The predicted molar refractivity (Wildman–Crippen MR) is 137 cm³/mol. The minimum Gasteiger partial charge on any atom is -0.451 e. The Morgan fingerprint density at radius 3 is 2.73 bits per heavy atom. The molecule has 0 aliphatic carbocycles. The molecule has 2 heterocycles. The largest absolute Gasteiger partial charge is 0.451 e. The van der Waals surface area contributed by atoms with Crippen molar-refractivity contribution in [3.63, 3.8) is 0 Å². The summed E-state index contributed by atoms with van der Waals surface area (Å²) in [6.45, 7) is 0.328. The fourth-order valence-corrected chi connectivity index (χ4v) is 5.27. The number of ether oxygens (including phenoxy) is 1. The second-order valence-corrected chi connectivity index (χ2v) is 10.8. The molecule has 1 aromatic heterocycles. The van der Waals surface area contributed by atoms with Crippen molar-refractivity contribution in [3.05, 3.63) is 76.6 Å². The third kappa shape index (κ3) is 4.45. The van der Waals surface area contributed by atoms with Crippen LogP contribution in [0, 0.1) is 17.1 Å². The maximum absolute atomic E-state index is 14.3. The Bertz CT molecular complexity index is 1730. The van der Waals surface area contributed by atoms with Crippen molar-refractivity contribution in [3.8, 4) is 17.6 Å². The Labute approximate surface area is 216 Å². The van der Waals surface area contributed by atoms with Crippen LogP contribution in [0.2, 0.25) is 5.02 Å². The Balaban J connectivity index is 1.44. The summed E-state index contributed by atoms with van der Waals surface area (Å²) in [5, 5.41) is 13.8. The highest BCUT2D eigenvalue weighted by Gasteiger charge is 2.32. The molecule has 0 bridgehead atoms. The highest BCUT2D eigenvalue weighted by atomic mass is 35.5. The van der Waals surface area contributed by atoms with Gasteiger partial charge >= 0.3 is 0 Å².